The summed E-state index contributed by atoms with van der Waals surface area (Å²) in [5, 5.41) is 4.21. The summed E-state index contributed by atoms with van der Waals surface area (Å²) < 4.78 is 5.47. The van der Waals surface area contributed by atoms with Crippen molar-refractivity contribution in [3.05, 3.63) is 28.8 Å². The van der Waals surface area contributed by atoms with Gasteiger partial charge in [0.05, 0.1) is 7.11 Å². The number of methoxy groups -OCH3 is 1. The molecular formula is C16H25ClN2O. The van der Waals surface area contributed by atoms with Gasteiger partial charge in [0.25, 0.3) is 0 Å². The molecule has 1 aromatic carbocycles. The van der Waals surface area contributed by atoms with E-state index in [1.807, 2.05) is 18.2 Å². The highest BCUT2D eigenvalue weighted by atomic mass is 35.5. The Kier molecular flexibility index (Phi) is 6.14. The van der Waals surface area contributed by atoms with Gasteiger partial charge in [-0.3, -0.25) is 4.90 Å². The maximum Gasteiger partial charge on any atom is 0.123 e. The van der Waals surface area contributed by atoms with E-state index >= 15 is 0 Å². The number of piperidine rings is 1. The van der Waals surface area contributed by atoms with Crippen molar-refractivity contribution in [1.29, 1.82) is 0 Å². The van der Waals surface area contributed by atoms with Gasteiger partial charge >= 0.3 is 0 Å². The van der Waals surface area contributed by atoms with Crippen LogP contribution in [0.15, 0.2) is 18.2 Å². The number of nitrogens with zero attached hydrogens (tertiary/aromatic N) is 1. The number of hydrogen-bond acceptors (Lipinski definition) is 3. The van der Waals surface area contributed by atoms with Crippen molar-refractivity contribution in [2.24, 2.45) is 0 Å². The summed E-state index contributed by atoms with van der Waals surface area (Å²) in [5.74, 6) is 0.935. The summed E-state index contributed by atoms with van der Waals surface area (Å²) in [6.45, 7) is 6.53. The molecule has 3 nitrogen and oxygen atoms in total. The van der Waals surface area contributed by atoms with Crippen LogP contribution in [0.1, 0.15) is 31.7 Å². The van der Waals surface area contributed by atoms with Gasteiger partial charge in [-0.25, -0.2) is 0 Å². The molecule has 1 aliphatic heterocycles. The molecule has 0 radical (unpaired) electrons. The fraction of sp³-hybridized carbons (Fsp3) is 0.625. The van der Waals surface area contributed by atoms with Crippen LogP contribution in [0, 0.1) is 0 Å². The van der Waals surface area contributed by atoms with Gasteiger partial charge in [-0.2, -0.15) is 0 Å². The molecule has 1 aliphatic rings. The summed E-state index contributed by atoms with van der Waals surface area (Å²) in [4.78, 5) is 2.58. The Bertz CT molecular complexity index is 419. The maximum absolute atomic E-state index is 6.14. The first-order chi connectivity index (χ1) is 9.74. The van der Waals surface area contributed by atoms with E-state index in [2.05, 4.69) is 17.1 Å². The van der Waals surface area contributed by atoms with Crippen molar-refractivity contribution >= 4 is 11.6 Å². The maximum atomic E-state index is 6.14. The van der Waals surface area contributed by atoms with Gasteiger partial charge < -0.3 is 10.1 Å². The zero-order valence-electron chi connectivity index (χ0n) is 12.5. The van der Waals surface area contributed by atoms with Gasteiger partial charge in [0.15, 0.2) is 0 Å². The largest absolute Gasteiger partial charge is 0.496 e. The number of rotatable bonds is 6. The lowest BCUT2D eigenvalue weighted by molar-refractivity contribution is 0.152. The fourth-order valence-electron chi connectivity index (χ4n) is 2.94. The second-order valence-corrected chi connectivity index (χ2v) is 5.84. The number of halogens is 1. The van der Waals surface area contributed by atoms with Gasteiger partial charge in [0.1, 0.15) is 5.75 Å². The highest BCUT2D eigenvalue weighted by Gasteiger charge is 2.21. The van der Waals surface area contributed by atoms with Gasteiger partial charge in [-0.05, 0) is 57.1 Å². The molecular weight excluding hydrogens is 272 g/mol. The first-order valence-electron chi connectivity index (χ1n) is 7.51. The van der Waals surface area contributed by atoms with Crippen molar-refractivity contribution in [2.75, 3.05) is 26.7 Å². The summed E-state index contributed by atoms with van der Waals surface area (Å²) in [7, 11) is 1.72. The molecule has 0 atom stereocenters. The highest BCUT2D eigenvalue weighted by molar-refractivity contribution is 6.30. The van der Waals surface area contributed by atoms with Crippen LogP contribution < -0.4 is 10.1 Å². The Labute approximate surface area is 127 Å². The minimum Gasteiger partial charge on any atom is -0.496 e. The first kappa shape index (κ1) is 15.6. The van der Waals surface area contributed by atoms with Gasteiger partial charge in [0.2, 0.25) is 0 Å². The van der Waals surface area contributed by atoms with Crippen LogP contribution in [0.25, 0.3) is 0 Å². The smallest absolute Gasteiger partial charge is 0.123 e. The lowest BCUT2D eigenvalue weighted by atomic mass is 10.0. The van der Waals surface area contributed by atoms with E-state index < -0.39 is 0 Å². The van der Waals surface area contributed by atoms with Gasteiger partial charge in [0, 0.05) is 23.2 Å². The SMILES string of the molecule is CCCN(Cc1cc(Cl)ccc1OC)C1CCNCC1. The summed E-state index contributed by atoms with van der Waals surface area (Å²) in [5.41, 5.74) is 1.19. The zero-order valence-corrected chi connectivity index (χ0v) is 13.2. The zero-order chi connectivity index (χ0) is 14.4. The molecule has 1 heterocycles. The second-order valence-electron chi connectivity index (χ2n) is 5.41. The molecule has 0 spiro atoms. The Balaban J connectivity index is 2.12. The van der Waals surface area contributed by atoms with E-state index in [1.54, 1.807) is 7.11 Å². The van der Waals surface area contributed by atoms with E-state index in [0.29, 0.717) is 6.04 Å². The van der Waals surface area contributed by atoms with Crippen LogP contribution in [-0.2, 0) is 6.54 Å². The number of hydrogen-bond donors (Lipinski definition) is 1. The molecule has 1 saturated heterocycles. The van der Waals surface area contributed by atoms with Crippen LogP contribution in [0.5, 0.6) is 5.75 Å². The lowest BCUT2D eigenvalue weighted by Gasteiger charge is -2.34. The van der Waals surface area contributed by atoms with Gasteiger partial charge in [-0.15, -0.1) is 0 Å². The molecule has 2 rings (SSSR count). The summed E-state index contributed by atoms with van der Waals surface area (Å²) >= 11 is 6.14. The van der Waals surface area contributed by atoms with E-state index in [-0.39, 0.29) is 0 Å². The third kappa shape index (κ3) is 4.11. The molecule has 0 unspecified atom stereocenters. The third-order valence-corrected chi connectivity index (χ3v) is 4.19. The van der Waals surface area contributed by atoms with Crippen LogP contribution in [0.3, 0.4) is 0 Å². The lowest BCUT2D eigenvalue weighted by Crippen LogP contribution is -2.43. The Hall–Kier alpha value is -0.770. The van der Waals surface area contributed by atoms with E-state index in [1.165, 1.54) is 24.8 Å². The van der Waals surface area contributed by atoms with Crippen LogP contribution in [0.2, 0.25) is 5.02 Å². The molecule has 1 fully saturated rings. The number of ether oxygens (including phenoxy) is 1. The molecule has 4 heteroatoms. The quantitative estimate of drug-likeness (QED) is 0.871. The summed E-state index contributed by atoms with van der Waals surface area (Å²) in [6.07, 6.45) is 3.62. The van der Waals surface area contributed by atoms with Crippen LogP contribution in [-0.4, -0.2) is 37.7 Å². The molecule has 20 heavy (non-hydrogen) atoms. The van der Waals surface area contributed by atoms with Crippen LogP contribution >= 0.6 is 11.6 Å². The number of nitrogens with one attached hydrogen (secondary N) is 1. The predicted molar refractivity (Wildman–Crippen MR) is 84.6 cm³/mol. The molecule has 0 aliphatic carbocycles. The standard InChI is InChI=1S/C16H25ClN2O/c1-3-10-19(15-6-8-18-9-7-15)12-13-11-14(17)4-5-16(13)20-2/h4-5,11,15,18H,3,6-10,12H2,1-2H3. The molecule has 0 bridgehead atoms. The van der Waals surface area contributed by atoms with E-state index in [0.717, 1.165) is 37.0 Å². The molecule has 112 valence electrons. The third-order valence-electron chi connectivity index (χ3n) is 3.95. The number of benzene rings is 1. The Morgan fingerprint density at radius 3 is 2.75 bits per heavy atom. The predicted octanol–water partition coefficient (Wildman–Crippen LogP) is 3.31. The van der Waals surface area contributed by atoms with E-state index in [9.17, 15) is 0 Å². The Morgan fingerprint density at radius 1 is 1.35 bits per heavy atom. The molecule has 1 aromatic rings. The Morgan fingerprint density at radius 2 is 2.10 bits per heavy atom. The molecule has 0 saturated carbocycles. The van der Waals surface area contributed by atoms with Crippen molar-refractivity contribution < 1.29 is 4.74 Å². The van der Waals surface area contributed by atoms with Crippen molar-refractivity contribution in [3.63, 3.8) is 0 Å². The van der Waals surface area contributed by atoms with E-state index in [4.69, 9.17) is 16.3 Å². The van der Waals surface area contributed by atoms with Crippen molar-refractivity contribution in [2.45, 2.75) is 38.8 Å². The minimum atomic E-state index is 0.667. The highest BCUT2D eigenvalue weighted by Crippen LogP contribution is 2.26. The van der Waals surface area contributed by atoms with Crippen molar-refractivity contribution in [3.8, 4) is 5.75 Å². The van der Waals surface area contributed by atoms with Crippen LogP contribution in [0.4, 0.5) is 0 Å². The topological polar surface area (TPSA) is 24.5 Å². The molecule has 0 amide bonds. The summed E-state index contributed by atoms with van der Waals surface area (Å²) in [6, 6.07) is 6.55. The minimum absolute atomic E-state index is 0.667. The average molecular weight is 297 g/mol. The van der Waals surface area contributed by atoms with Gasteiger partial charge in [-0.1, -0.05) is 18.5 Å². The molecule has 0 aromatic heterocycles. The monoisotopic (exact) mass is 296 g/mol. The normalized spacial score (nSPS) is 16.6. The second kappa shape index (κ2) is 7.87. The fourth-order valence-corrected chi connectivity index (χ4v) is 3.13. The first-order valence-corrected chi connectivity index (χ1v) is 7.89. The average Bonchev–Trinajstić information content (AvgIpc) is 2.48. The molecule has 1 N–H and O–H groups in total. The van der Waals surface area contributed by atoms with Crippen molar-refractivity contribution in [1.82, 2.24) is 10.2 Å².